The Labute approximate surface area is 151 Å². The molecule has 0 radical (unpaired) electrons. The van der Waals surface area contributed by atoms with Gasteiger partial charge in [-0.3, -0.25) is 14.7 Å². The molecule has 1 aliphatic heterocycles. The van der Waals surface area contributed by atoms with Gasteiger partial charge in [-0.2, -0.15) is 0 Å². The summed E-state index contributed by atoms with van der Waals surface area (Å²) in [5.74, 6) is 2.13. The van der Waals surface area contributed by atoms with E-state index < -0.39 is 0 Å². The Morgan fingerprint density at radius 2 is 2.12 bits per heavy atom. The maximum absolute atomic E-state index is 12.8. The minimum Gasteiger partial charge on any atom is -0.497 e. The zero-order valence-electron chi connectivity index (χ0n) is 14.3. The topological polar surface area (TPSA) is 51.1 Å². The van der Waals surface area contributed by atoms with E-state index in [1.54, 1.807) is 29.4 Å². The van der Waals surface area contributed by atoms with E-state index in [1.165, 1.54) is 0 Å². The highest BCUT2D eigenvalue weighted by Gasteiger charge is 2.22. The van der Waals surface area contributed by atoms with Crippen LogP contribution in [0.5, 0.6) is 11.5 Å². The maximum atomic E-state index is 12.8. The van der Waals surface area contributed by atoms with Gasteiger partial charge < -0.3 is 9.47 Å². The number of hydrogen-bond donors (Lipinski definition) is 0. The van der Waals surface area contributed by atoms with Gasteiger partial charge in [0.25, 0.3) is 5.91 Å². The van der Waals surface area contributed by atoms with Crippen molar-refractivity contribution in [3.05, 3.63) is 46.7 Å². The Balaban J connectivity index is 1.68. The molecule has 0 saturated heterocycles. The van der Waals surface area contributed by atoms with Crippen LogP contribution < -0.4 is 9.47 Å². The van der Waals surface area contributed by atoms with E-state index in [4.69, 9.17) is 9.47 Å². The number of carbonyl (C=O) groups is 1. The number of amides is 1. The molecule has 25 heavy (non-hydrogen) atoms. The number of thiophene rings is 1. The van der Waals surface area contributed by atoms with Gasteiger partial charge in [0.15, 0.2) is 6.61 Å². The molecule has 3 rings (SSSR count). The van der Waals surface area contributed by atoms with Crippen LogP contribution in [0.25, 0.3) is 0 Å². The summed E-state index contributed by atoms with van der Waals surface area (Å²) >= 11 is 1.65. The fraction of sp³-hybridized carbons (Fsp3) is 0.368. The molecule has 132 valence electrons. The molecule has 0 fully saturated rings. The first-order chi connectivity index (χ1) is 12.3. The lowest BCUT2D eigenvalue weighted by Crippen LogP contribution is -2.40. The van der Waals surface area contributed by atoms with Crippen molar-refractivity contribution in [2.24, 2.45) is 4.99 Å². The third kappa shape index (κ3) is 4.82. The summed E-state index contributed by atoms with van der Waals surface area (Å²) in [4.78, 5) is 20.3. The van der Waals surface area contributed by atoms with Gasteiger partial charge in [-0.1, -0.05) is 12.1 Å². The van der Waals surface area contributed by atoms with Gasteiger partial charge in [-0.15, -0.1) is 11.3 Å². The van der Waals surface area contributed by atoms with Gasteiger partial charge in [0.05, 0.1) is 13.7 Å². The van der Waals surface area contributed by atoms with Crippen LogP contribution in [-0.4, -0.2) is 36.9 Å². The molecular formula is C19H22N2O3S. The number of aliphatic imine (C=N–C) groups is 1. The molecule has 0 bridgehead atoms. The standard InChI is InChI=1S/C19H22N2O3S/c1-23-15-6-4-7-16(12-15)24-14-19(22)21(13-17-8-5-11-25-17)18-9-2-3-10-20-18/h4-8,11-12H,2-3,9-10,13-14H2,1H3. The highest BCUT2D eigenvalue weighted by atomic mass is 32.1. The second-order valence-corrected chi connectivity index (χ2v) is 6.81. The van der Waals surface area contributed by atoms with Gasteiger partial charge in [0.1, 0.15) is 17.3 Å². The van der Waals surface area contributed by atoms with E-state index >= 15 is 0 Å². The average Bonchev–Trinajstić information content (AvgIpc) is 3.18. The van der Waals surface area contributed by atoms with Gasteiger partial charge in [0.2, 0.25) is 0 Å². The Hall–Kier alpha value is -2.34. The van der Waals surface area contributed by atoms with Crippen molar-refractivity contribution in [2.45, 2.75) is 25.8 Å². The molecule has 1 aromatic heterocycles. The number of ether oxygens (including phenoxy) is 2. The molecule has 1 aromatic carbocycles. The number of hydrogen-bond acceptors (Lipinski definition) is 5. The van der Waals surface area contributed by atoms with E-state index in [0.717, 1.165) is 36.5 Å². The van der Waals surface area contributed by atoms with Gasteiger partial charge >= 0.3 is 0 Å². The van der Waals surface area contributed by atoms with Crippen molar-refractivity contribution in [1.82, 2.24) is 4.90 Å². The fourth-order valence-corrected chi connectivity index (χ4v) is 3.39. The molecule has 5 nitrogen and oxygen atoms in total. The number of carbonyl (C=O) groups excluding carboxylic acids is 1. The van der Waals surface area contributed by atoms with Gasteiger partial charge in [-0.05, 0) is 36.4 Å². The monoisotopic (exact) mass is 358 g/mol. The number of benzene rings is 1. The predicted molar refractivity (Wildman–Crippen MR) is 99.5 cm³/mol. The molecule has 1 amide bonds. The molecule has 1 aliphatic rings. The Morgan fingerprint density at radius 1 is 1.24 bits per heavy atom. The molecule has 0 saturated carbocycles. The second kappa shape index (κ2) is 8.67. The Morgan fingerprint density at radius 3 is 2.84 bits per heavy atom. The lowest BCUT2D eigenvalue weighted by Gasteiger charge is -2.26. The lowest BCUT2D eigenvalue weighted by molar-refractivity contribution is -0.130. The van der Waals surface area contributed by atoms with Crippen LogP contribution in [0.3, 0.4) is 0 Å². The summed E-state index contributed by atoms with van der Waals surface area (Å²) in [7, 11) is 1.61. The van der Waals surface area contributed by atoms with Crippen molar-refractivity contribution in [2.75, 3.05) is 20.3 Å². The maximum Gasteiger partial charge on any atom is 0.266 e. The normalized spacial score (nSPS) is 13.9. The first-order valence-corrected chi connectivity index (χ1v) is 9.27. The van der Waals surface area contributed by atoms with Crippen molar-refractivity contribution >= 4 is 23.1 Å². The zero-order valence-corrected chi connectivity index (χ0v) is 15.1. The van der Waals surface area contributed by atoms with Crippen molar-refractivity contribution in [3.63, 3.8) is 0 Å². The molecule has 0 unspecified atom stereocenters. The minimum atomic E-state index is -0.0723. The highest BCUT2D eigenvalue weighted by molar-refractivity contribution is 7.09. The number of amidine groups is 1. The molecule has 0 spiro atoms. The first-order valence-electron chi connectivity index (χ1n) is 8.39. The highest BCUT2D eigenvalue weighted by Crippen LogP contribution is 2.20. The van der Waals surface area contributed by atoms with Gasteiger partial charge in [-0.25, -0.2) is 0 Å². The molecule has 0 N–H and O–H groups in total. The van der Waals surface area contributed by atoms with E-state index in [9.17, 15) is 4.79 Å². The number of nitrogens with zero attached hydrogens (tertiary/aromatic N) is 2. The molecular weight excluding hydrogens is 336 g/mol. The molecule has 6 heteroatoms. The fourth-order valence-electron chi connectivity index (χ4n) is 2.70. The van der Waals surface area contributed by atoms with Crippen LogP contribution in [0, 0.1) is 0 Å². The molecule has 2 heterocycles. The van der Waals surface area contributed by atoms with Crippen LogP contribution in [0.1, 0.15) is 24.1 Å². The zero-order chi connectivity index (χ0) is 17.5. The van der Waals surface area contributed by atoms with Gasteiger partial charge in [0, 0.05) is 23.9 Å². The van der Waals surface area contributed by atoms with E-state index in [1.807, 2.05) is 35.7 Å². The lowest BCUT2D eigenvalue weighted by atomic mass is 10.1. The van der Waals surface area contributed by atoms with Crippen LogP contribution in [0.2, 0.25) is 0 Å². The van der Waals surface area contributed by atoms with E-state index in [-0.39, 0.29) is 12.5 Å². The van der Waals surface area contributed by atoms with E-state index in [0.29, 0.717) is 18.0 Å². The Bertz CT molecular complexity index is 728. The number of methoxy groups -OCH3 is 1. The number of rotatable bonds is 6. The third-order valence-electron chi connectivity index (χ3n) is 4.01. The van der Waals surface area contributed by atoms with Crippen LogP contribution in [0.15, 0.2) is 46.8 Å². The quantitative estimate of drug-likeness (QED) is 0.790. The van der Waals surface area contributed by atoms with Crippen molar-refractivity contribution in [1.29, 1.82) is 0 Å². The largest absolute Gasteiger partial charge is 0.497 e. The van der Waals surface area contributed by atoms with Crippen LogP contribution in [0.4, 0.5) is 0 Å². The molecule has 2 aromatic rings. The Kier molecular flexibility index (Phi) is 6.06. The minimum absolute atomic E-state index is 0.0163. The molecule has 0 atom stereocenters. The second-order valence-electron chi connectivity index (χ2n) is 5.78. The average molecular weight is 358 g/mol. The predicted octanol–water partition coefficient (Wildman–Crippen LogP) is 3.75. The summed E-state index contributed by atoms with van der Waals surface area (Å²) in [5, 5.41) is 2.02. The van der Waals surface area contributed by atoms with Crippen LogP contribution >= 0.6 is 11.3 Å². The summed E-state index contributed by atoms with van der Waals surface area (Å²) in [5.41, 5.74) is 0. The molecule has 0 aliphatic carbocycles. The summed E-state index contributed by atoms with van der Waals surface area (Å²) in [6.45, 7) is 1.33. The van der Waals surface area contributed by atoms with E-state index in [2.05, 4.69) is 4.99 Å². The van der Waals surface area contributed by atoms with Crippen LogP contribution in [-0.2, 0) is 11.3 Å². The third-order valence-corrected chi connectivity index (χ3v) is 4.87. The first kappa shape index (κ1) is 17.5. The summed E-state index contributed by atoms with van der Waals surface area (Å²) in [6.07, 6.45) is 3.00. The summed E-state index contributed by atoms with van der Waals surface area (Å²) in [6, 6.07) is 11.3. The summed E-state index contributed by atoms with van der Waals surface area (Å²) < 4.78 is 10.9. The van der Waals surface area contributed by atoms with Crippen molar-refractivity contribution in [3.8, 4) is 11.5 Å². The van der Waals surface area contributed by atoms with Crippen molar-refractivity contribution < 1.29 is 14.3 Å². The smallest absolute Gasteiger partial charge is 0.266 e. The SMILES string of the molecule is COc1cccc(OCC(=O)N(Cc2cccs2)C2=NCCCC2)c1.